The molecule has 0 unspecified atom stereocenters. The van der Waals surface area contributed by atoms with E-state index in [0.717, 1.165) is 6.07 Å². The number of aromatic hydroxyl groups is 1. The van der Waals surface area contributed by atoms with E-state index in [-0.39, 0.29) is 80.5 Å². The Morgan fingerprint density at radius 2 is 1.31 bits per heavy atom. The maximum atomic E-state index is 12.6. The van der Waals surface area contributed by atoms with Gasteiger partial charge in [0.2, 0.25) is 0 Å². The van der Waals surface area contributed by atoms with Gasteiger partial charge in [0.05, 0.1) is 22.0 Å². The van der Waals surface area contributed by atoms with E-state index in [9.17, 15) is 35.8 Å². The number of nitrogens with zero attached hydrogens (tertiary/aromatic N) is 4. The summed E-state index contributed by atoms with van der Waals surface area (Å²) in [6.07, 6.45) is 0. The summed E-state index contributed by atoms with van der Waals surface area (Å²) in [6, 6.07) is 22.6. The monoisotopic (exact) mass is 705 g/mol. The Morgan fingerprint density at radius 1 is 0.688 bits per heavy atom. The second-order valence-electron chi connectivity index (χ2n) is 10.1. The molecule has 0 aromatic heterocycles. The molecule has 0 aliphatic heterocycles. The van der Waals surface area contributed by atoms with Crippen molar-refractivity contribution in [2.24, 2.45) is 20.5 Å². The molecule has 48 heavy (non-hydrogen) atoms. The maximum Gasteiger partial charge on any atom is 0.296 e. The fraction of sp³-hybridized carbons (Fsp3) is 0.0645. The van der Waals surface area contributed by atoms with E-state index in [1.165, 1.54) is 42.5 Å². The Hall–Kier alpha value is -3.35. The number of phenols is 1. The number of amides is 1. The van der Waals surface area contributed by atoms with Crippen molar-refractivity contribution in [3.8, 4) is 5.75 Å². The van der Waals surface area contributed by atoms with Crippen LogP contribution < -0.4 is 5.32 Å². The van der Waals surface area contributed by atoms with Gasteiger partial charge in [-0.25, -0.2) is 0 Å². The normalized spacial score (nSPS) is 11.8. The summed E-state index contributed by atoms with van der Waals surface area (Å²) in [5, 5.41) is 30.4. The minimum absolute atomic E-state index is 0. The number of carbonyl (C=O) groups excluding carboxylic acids is 1. The Kier molecular flexibility index (Phi) is 13.0. The van der Waals surface area contributed by atoms with E-state index >= 15 is 0 Å². The van der Waals surface area contributed by atoms with Crippen molar-refractivity contribution in [1.82, 2.24) is 0 Å². The van der Waals surface area contributed by atoms with Crippen LogP contribution in [0.3, 0.4) is 0 Å². The molecule has 5 aromatic rings. The molecule has 5 rings (SSSR count). The fourth-order valence-corrected chi connectivity index (χ4v) is 5.67. The van der Waals surface area contributed by atoms with Crippen LogP contribution in [0.15, 0.2) is 121 Å². The molecule has 0 bridgehead atoms. The first-order chi connectivity index (χ1) is 21.7. The standard InChI is InChI=1S/C31H25N5O8S2.2Na/c1-18-14-23(9-12-26(18)34-35-27-13-10-24(15-19(27)2)45(39,40)41)33-36-29-28(46(42,43)44)17-21-16-22(8-11-25(21)30(29)37)32-31(38)20-6-4-3-5-7-20;;/h3-17,37H,1-2H3,(H,32,38)(H,39,40,41)(H,42,43,44);;. The van der Waals surface area contributed by atoms with E-state index in [1.807, 2.05) is 0 Å². The second-order valence-corrected chi connectivity index (χ2v) is 12.9. The van der Waals surface area contributed by atoms with Crippen molar-refractivity contribution < 1.29 is 35.8 Å². The molecule has 1 amide bonds. The van der Waals surface area contributed by atoms with Crippen LogP contribution in [-0.4, -0.2) is 96.1 Å². The predicted molar refractivity (Wildman–Crippen MR) is 182 cm³/mol. The van der Waals surface area contributed by atoms with Crippen LogP contribution in [0.5, 0.6) is 5.75 Å². The van der Waals surface area contributed by atoms with Crippen molar-refractivity contribution in [2.75, 3.05) is 5.32 Å². The number of hydrogen-bond donors (Lipinski definition) is 4. The maximum absolute atomic E-state index is 12.6. The van der Waals surface area contributed by atoms with E-state index in [1.54, 1.807) is 56.3 Å². The number of fused-ring (bicyclic) bond motifs is 1. The molecule has 4 N–H and O–H groups in total. The molecule has 13 nitrogen and oxygen atoms in total. The molecule has 0 fully saturated rings. The first-order valence-corrected chi connectivity index (χ1v) is 16.2. The summed E-state index contributed by atoms with van der Waals surface area (Å²) in [4.78, 5) is 11.6. The van der Waals surface area contributed by atoms with Gasteiger partial charge in [-0.05, 0) is 103 Å². The second kappa shape index (κ2) is 15.9. The van der Waals surface area contributed by atoms with Crippen molar-refractivity contribution in [2.45, 2.75) is 23.6 Å². The summed E-state index contributed by atoms with van der Waals surface area (Å²) in [6.45, 7) is 3.33. The van der Waals surface area contributed by atoms with Gasteiger partial charge in [-0.1, -0.05) is 18.2 Å². The number of nitrogens with one attached hydrogen (secondary N) is 1. The number of anilines is 1. The van der Waals surface area contributed by atoms with E-state index in [2.05, 4.69) is 25.8 Å². The summed E-state index contributed by atoms with van der Waals surface area (Å²) < 4.78 is 66.4. The molecule has 0 aliphatic rings. The number of rotatable bonds is 8. The molecular formula is C31H25N5Na2O8S2. The number of phenolic OH excluding ortho intramolecular Hbond substituents is 1. The molecule has 0 spiro atoms. The van der Waals surface area contributed by atoms with Gasteiger partial charge in [-0.15, -0.1) is 5.11 Å². The largest absolute Gasteiger partial charge is 0.505 e. The summed E-state index contributed by atoms with van der Waals surface area (Å²) in [5.41, 5.74) is 2.43. The van der Waals surface area contributed by atoms with Crippen molar-refractivity contribution >= 4 is 124 Å². The average molecular weight is 706 g/mol. The predicted octanol–water partition coefficient (Wildman–Crippen LogP) is 6.98. The van der Waals surface area contributed by atoms with Crippen molar-refractivity contribution in [3.05, 3.63) is 108 Å². The van der Waals surface area contributed by atoms with Gasteiger partial charge in [0.1, 0.15) is 10.6 Å². The van der Waals surface area contributed by atoms with Crippen LogP contribution >= 0.6 is 0 Å². The Morgan fingerprint density at radius 3 is 1.90 bits per heavy atom. The number of azo groups is 2. The van der Waals surface area contributed by atoms with Crippen LogP contribution in [0.2, 0.25) is 0 Å². The van der Waals surface area contributed by atoms with Gasteiger partial charge < -0.3 is 10.4 Å². The molecule has 0 aliphatic carbocycles. The van der Waals surface area contributed by atoms with E-state index in [0.29, 0.717) is 33.8 Å². The zero-order valence-electron chi connectivity index (χ0n) is 26.1. The molecule has 0 heterocycles. The van der Waals surface area contributed by atoms with Crippen LogP contribution in [0.4, 0.5) is 28.4 Å². The number of benzene rings is 5. The summed E-state index contributed by atoms with van der Waals surface area (Å²) in [5.74, 6) is -0.941. The quantitative estimate of drug-likeness (QED) is 0.0750. The topological polar surface area (TPSA) is 208 Å². The molecule has 0 saturated heterocycles. The fourth-order valence-electron chi connectivity index (χ4n) is 4.45. The van der Waals surface area contributed by atoms with Gasteiger partial charge >= 0.3 is 0 Å². The third-order valence-electron chi connectivity index (χ3n) is 6.80. The summed E-state index contributed by atoms with van der Waals surface area (Å²) in [7, 11) is -9.22. The molecule has 2 radical (unpaired) electrons. The van der Waals surface area contributed by atoms with E-state index in [4.69, 9.17) is 0 Å². The molecule has 0 atom stereocenters. The Labute approximate surface area is 320 Å². The van der Waals surface area contributed by atoms with Gasteiger partial charge in [0, 0.05) is 75.8 Å². The molecule has 236 valence electrons. The minimum atomic E-state index is -4.87. The first-order valence-electron chi connectivity index (χ1n) is 13.4. The third kappa shape index (κ3) is 9.21. The first kappa shape index (κ1) is 39.1. The van der Waals surface area contributed by atoms with Crippen LogP contribution in [-0.2, 0) is 20.2 Å². The van der Waals surface area contributed by atoms with Gasteiger partial charge in [-0.3, -0.25) is 13.9 Å². The molecule has 0 saturated carbocycles. The SMILES string of the molecule is Cc1cc(N=Nc2c(S(=O)(=O)O)cc3cc(NC(=O)c4ccccc4)ccc3c2O)ccc1N=Nc1ccc(S(=O)(=O)O)cc1C.[Na].[Na]. The van der Waals surface area contributed by atoms with Crippen LogP contribution in [0.25, 0.3) is 10.8 Å². The van der Waals surface area contributed by atoms with Crippen molar-refractivity contribution in [3.63, 3.8) is 0 Å². The zero-order chi connectivity index (χ0) is 33.2. The van der Waals surface area contributed by atoms with Gasteiger partial charge in [0.15, 0.2) is 5.75 Å². The van der Waals surface area contributed by atoms with Crippen molar-refractivity contribution in [1.29, 1.82) is 0 Å². The van der Waals surface area contributed by atoms with Crippen LogP contribution in [0, 0.1) is 13.8 Å². The third-order valence-corrected chi connectivity index (χ3v) is 8.52. The number of hydrogen-bond acceptors (Lipinski definition) is 10. The minimum Gasteiger partial charge on any atom is -0.505 e. The van der Waals surface area contributed by atoms with Gasteiger partial charge in [-0.2, -0.15) is 32.2 Å². The smallest absolute Gasteiger partial charge is 0.296 e. The Balaban J connectivity index is 0.00000312. The number of aryl methyl sites for hydroxylation is 2. The molecule has 5 aromatic carbocycles. The average Bonchev–Trinajstić information content (AvgIpc) is 3.00. The molecule has 17 heteroatoms. The Bertz CT molecular complexity index is 2300. The van der Waals surface area contributed by atoms with Crippen LogP contribution in [0.1, 0.15) is 21.5 Å². The van der Waals surface area contributed by atoms with E-state index < -0.39 is 42.5 Å². The van der Waals surface area contributed by atoms with Gasteiger partial charge in [0.25, 0.3) is 26.1 Å². The summed E-state index contributed by atoms with van der Waals surface area (Å²) >= 11 is 0. The number of carbonyl (C=O) groups is 1. The molecular weight excluding hydrogens is 680 g/mol. The zero-order valence-corrected chi connectivity index (χ0v) is 31.8.